The number of carbonyl (C=O) groups is 2. The van der Waals surface area contributed by atoms with Gasteiger partial charge in [0, 0.05) is 12.1 Å². The van der Waals surface area contributed by atoms with E-state index in [0.29, 0.717) is 6.42 Å². The Morgan fingerprint density at radius 1 is 1.32 bits per heavy atom. The summed E-state index contributed by atoms with van der Waals surface area (Å²) in [7, 11) is 0. The maximum Gasteiger partial charge on any atom is 0.306 e. The summed E-state index contributed by atoms with van der Waals surface area (Å²) < 4.78 is 0. The van der Waals surface area contributed by atoms with Crippen molar-refractivity contribution in [2.24, 2.45) is 17.6 Å². The summed E-state index contributed by atoms with van der Waals surface area (Å²) >= 11 is 0. The van der Waals surface area contributed by atoms with Crippen molar-refractivity contribution in [2.45, 2.75) is 64.5 Å². The molecule has 0 aromatic carbocycles. The molecule has 5 heteroatoms. The van der Waals surface area contributed by atoms with Gasteiger partial charge in [-0.3, -0.25) is 9.59 Å². The van der Waals surface area contributed by atoms with E-state index < -0.39 is 5.97 Å². The molecular weight excluding hydrogens is 244 g/mol. The lowest BCUT2D eigenvalue weighted by molar-refractivity contribution is -0.141. The van der Waals surface area contributed by atoms with Crippen LogP contribution in [-0.2, 0) is 9.59 Å². The predicted octanol–water partition coefficient (Wildman–Crippen LogP) is 1.51. The van der Waals surface area contributed by atoms with Crippen molar-refractivity contribution < 1.29 is 14.7 Å². The summed E-state index contributed by atoms with van der Waals surface area (Å²) in [5.41, 5.74) is 5.90. The number of carboxylic acid groups (broad SMARTS) is 1. The van der Waals surface area contributed by atoms with Crippen LogP contribution < -0.4 is 11.1 Å². The maximum absolute atomic E-state index is 12.0. The molecule has 110 valence electrons. The standard InChI is InChI=1S/C14H26N2O3/c1-9(14(18)19)5-3-6-10(2)16-13(17)11-7-4-8-12(11)15/h9-12H,3-8,15H2,1-2H3,(H,16,17)(H,18,19). The second-order valence-corrected chi connectivity index (χ2v) is 5.78. The minimum absolute atomic E-state index is 0.000711. The first-order valence-corrected chi connectivity index (χ1v) is 7.20. The van der Waals surface area contributed by atoms with Crippen molar-refractivity contribution in [1.29, 1.82) is 0 Å². The lowest BCUT2D eigenvalue weighted by atomic mass is 10.0. The molecule has 1 aliphatic carbocycles. The number of hydrogen-bond acceptors (Lipinski definition) is 3. The fourth-order valence-electron chi connectivity index (χ4n) is 2.59. The molecular formula is C14H26N2O3. The van der Waals surface area contributed by atoms with Crippen molar-refractivity contribution in [3.63, 3.8) is 0 Å². The van der Waals surface area contributed by atoms with Gasteiger partial charge in [-0.05, 0) is 32.6 Å². The summed E-state index contributed by atoms with van der Waals surface area (Å²) in [4.78, 5) is 22.7. The van der Waals surface area contributed by atoms with E-state index in [-0.39, 0.29) is 29.8 Å². The van der Waals surface area contributed by atoms with Crippen LogP contribution in [0.25, 0.3) is 0 Å². The fourth-order valence-corrected chi connectivity index (χ4v) is 2.59. The third-order valence-electron chi connectivity index (χ3n) is 3.99. The summed E-state index contributed by atoms with van der Waals surface area (Å²) in [6, 6.07) is 0.0838. The predicted molar refractivity (Wildman–Crippen MR) is 73.6 cm³/mol. The van der Waals surface area contributed by atoms with Crippen LogP contribution in [0.1, 0.15) is 52.4 Å². The molecule has 1 saturated carbocycles. The van der Waals surface area contributed by atoms with Gasteiger partial charge < -0.3 is 16.2 Å². The topological polar surface area (TPSA) is 92.4 Å². The Labute approximate surface area is 114 Å². The van der Waals surface area contributed by atoms with Crippen LogP contribution in [0.5, 0.6) is 0 Å². The lowest BCUT2D eigenvalue weighted by Gasteiger charge is -2.19. The molecule has 0 aromatic rings. The maximum atomic E-state index is 12.0. The van der Waals surface area contributed by atoms with Crippen molar-refractivity contribution in [1.82, 2.24) is 5.32 Å². The number of nitrogens with one attached hydrogen (secondary N) is 1. The Kier molecular flexibility index (Phi) is 6.28. The molecule has 4 N–H and O–H groups in total. The Morgan fingerprint density at radius 2 is 2.00 bits per heavy atom. The van der Waals surface area contributed by atoms with Crippen molar-refractivity contribution in [3.8, 4) is 0 Å². The van der Waals surface area contributed by atoms with Gasteiger partial charge in [0.05, 0.1) is 11.8 Å². The number of rotatable bonds is 7. The van der Waals surface area contributed by atoms with Gasteiger partial charge in [0.2, 0.25) is 5.91 Å². The summed E-state index contributed by atoms with van der Waals surface area (Å²) in [6.07, 6.45) is 5.12. The normalized spacial score (nSPS) is 25.8. The van der Waals surface area contributed by atoms with Gasteiger partial charge in [-0.2, -0.15) is 0 Å². The third-order valence-corrected chi connectivity index (χ3v) is 3.99. The Balaban J connectivity index is 2.21. The first-order valence-electron chi connectivity index (χ1n) is 7.20. The average Bonchev–Trinajstić information content (AvgIpc) is 2.75. The van der Waals surface area contributed by atoms with Gasteiger partial charge in [-0.15, -0.1) is 0 Å². The Morgan fingerprint density at radius 3 is 2.53 bits per heavy atom. The zero-order valence-corrected chi connectivity index (χ0v) is 11.9. The second-order valence-electron chi connectivity index (χ2n) is 5.78. The average molecular weight is 270 g/mol. The molecule has 4 unspecified atom stereocenters. The molecule has 1 rings (SSSR count). The van der Waals surface area contributed by atoms with Crippen LogP contribution in [0.15, 0.2) is 0 Å². The monoisotopic (exact) mass is 270 g/mol. The quantitative estimate of drug-likeness (QED) is 0.654. The first kappa shape index (κ1) is 16.0. The first-order chi connectivity index (χ1) is 8.91. The van der Waals surface area contributed by atoms with E-state index in [1.54, 1.807) is 6.92 Å². The summed E-state index contributed by atoms with van der Waals surface area (Å²) in [5.74, 6) is -1.05. The Bertz CT molecular complexity index is 320. The highest BCUT2D eigenvalue weighted by molar-refractivity contribution is 5.80. The molecule has 0 radical (unpaired) electrons. The van der Waals surface area contributed by atoms with Crippen molar-refractivity contribution in [2.75, 3.05) is 0 Å². The van der Waals surface area contributed by atoms with Crippen LogP contribution in [0.4, 0.5) is 0 Å². The molecule has 1 fully saturated rings. The van der Waals surface area contributed by atoms with Gasteiger partial charge >= 0.3 is 5.97 Å². The molecule has 19 heavy (non-hydrogen) atoms. The highest BCUT2D eigenvalue weighted by Gasteiger charge is 2.30. The number of carboxylic acids is 1. The highest BCUT2D eigenvalue weighted by atomic mass is 16.4. The van der Waals surface area contributed by atoms with Crippen LogP contribution in [-0.4, -0.2) is 29.1 Å². The van der Waals surface area contributed by atoms with E-state index in [4.69, 9.17) is 10.8 Å². The lowest BCUT2D eigenvalue weighted by Crippen LogP contribution is -2.42. The molecule has 0 heterocycles. The number of amides is 1. The zero-order chi connectivity index (χ0) is 14.4. The smallest absolute Gasteiger partial charge is 0.306 e. The van der Waals surface area contributed by atoms with E-state index in [0.717, 1.165) is 32.1 Å². The molecule has 0 saturated heterocycles. The molecule has 0 aliphatic heterocycles. The molecule has 0 bridgehead atoms. The largest absolute Gasteiger partial charge is 0.481 e. The number of carbonyl (C=O) groups excluding carboxylic acids is 1. The van der Waals surface area contributed by atoms with Crippen LogP contribution in [0.3, 0.4) is 0 Å². The van der Waals surface area contributed by atoms with Gasteiger partial charge in [0.1, 0.15) is 0 Å². The van der Waals surface area contributed by atoms with Gasteiger partial charge in [0.15, 0.2) is 0 Å². The number of hydrogen-bond donors (Lipinski definition) is 3. The Hall–Kier alpha value is -1.10. The van der Waals surface area contributed by atoms with Crippen LogP contribution in [0.2, 0.25) is 0 Å². The number of nitrogens with two attached hydrogens (primary N) is 1. The van der Waals surface area contributed by atoms with Crippen LogP contribution in [0, 0.1) is 11.8 Å². The van der Waals surface area contributed by atoms with Crippen molar-refractivity contribution >= 4 is 11.9 Å². The minimum atomic E-state index is -0.756. The van der Waals surface area contributed by atoms with Crippen LogP contribution >= 0.6 is 0 Å². The second kappa shape index (κ2) is 7.48. The SMILES string of the molecule is CC(CCCC(C)C(=O)O)NC(=O)C1CCCC1N. The number of aliphatic carboxylic acids is 1. The van der Waals surface area contributed by atoms with Gasteiger partial charge in [-0.1, -0.05) is 19.8 Å². The minimum Gasteiger partial charge on any atom is -0.481 e. The molecule has 4 atom stereocenters. The van der Waals surface area contributed by atoms with E-state index in [1.165, 1.54) is 0 Å². The molecule has 5 nitrogen and oxygen atoms in total. The van der Waals surface area contributed by atoms with E-state index in [9.17, 15) is 9.59 Å². The van der Waals surface area contributed by atoms with Gasteiger partial charge in [0.25, 0.3) is 0 Å². The van der Waals surface area contributed by atoms with E-state index in [1.807, 2.05) is 6.92 Å². The van der Waals surface area contributed by atoms with E-state index >= 15 is 0 Å². The summed E-state index contributed by atoms with van der Waals surface area (Å²) in [6.45, 7) is 3.67. The molecule has 1 aliphatic rings. The zero-order valence-electron chi connectivity index (χ0n) is 11.9. The molecule has 1 amide bonds. The third kappa shape index (κ3) is 5.19. The van der Waals surface area contributed by atoms with Gasteiger partial charge in [-0.25, -0.2) is 0 Å². The summed E-state index contributed by atoms with van der Waals surface area (Å²) in [5, 5.41) is 11.8. The highest BCUT2D eigenvalue weighted by Crippen LogP contribution is 2.24. The molecule has 0 spiro atoms. The molecule has 0 aromatic heterocycles. The van der Waals surface area contributed by atoms with Crippen molar-refractivity contribution in [3.05, 3.63) is 0 Å². The fraction of sp³-hybridized carbons (Fsp3) is 0.857. The van der Waals surface area contributed by atoms with E-state index in [2.05, 4.69) is 5.32 Å².